The number of ether oxygens (including phenoxy) is 2. The highest BCUT2D eigenvalue weighted by Gasteiger charge is 2.42. The number of aryl methyl sites for hydroxylation is 1. The summed E-state index contributed by atoms with van der Waals surface area (Å²) >= 11 is 0.627. The Morgan fingerprint density at radius 3 is 1.62 bits per heavy atom. The molecule has 3 aromatic rings. The number of hydrogen-bond acceptors (Lipinski definition) is 18. The van der Waals surface area contributed by atoms with Gasteiger partial charge in [0.05, 0.1) is 11.0 Å². The van der Waals surface area contributed by atoms with Crippen LogP contribution in [0.2, 0.25) is 0 Å². The summed E-state index contributed by atoms with van der Waals surface area (Å²) in [5.74, 6) is 0. The van der Waals surface area contributed by atoms with Crippen LogP contribution in [0.1, 0.15) is 69.4 Å². The van der Waals surface area contributed by atoms with Crippen LogP contribution >= 0.6 is 22.7 Å². The summed E-state index contributed by atoms with van der Waals surface area (Å²) in [5, 5.41) is 11.3. The van der Waals surface area contributed by atoms with Crippen LogP contribution in [0.25, 0.3) is 0 Å². The Kier molecular flexibility index (Phi) is 21.1. The average Bonchev–Trinajstić information content (AvgIpc) is 3.76. The Morgan fingerprint density at radius 1 is 0.776 bits per heavy atom. The third kappa shape index (κ3) is 14.4. The van der Waals surface area contributed by atoms with Crippen molar-refractivity contribution in [2.24, 2.45) is 9.98 Å². The summed E-state index contributed by atoms with van der Waals surface area (Å²) in [4.78, 5) is 8.67. The summed E-state index contributed by atoms with van der Waals surface area (Å²) in [7, 11) is -8.31. The van der Waals surface area contributed by atoms with Crippen LogP contribution in [0.15, 0.2) is 59.7 Å². The van der Waals surface area contributed by atoms with Gasteiger partial charge in [-0.15, -0.1) is 22.7 Å². The van der Waals surface area contributed by atoms with Gasteiger partial charge in [0.2, 0.25) is 0 Å². The molecular weight excluding hydrogens is 901 g/mol. The molecule has 0 radical (unpaired) electrons. The number of fused-ring (bicyclic) bond motifs is 2. The zero-order valence-electron chi connectivity index (χ0n) is 32.7. The lowest BCUT2D eigenvalue weighted by atomic mass is 10.2. The third-order valence-corrected chi connectivity index (χ3v) is 16.0. The van der Waals surface area contributed by atoms with Crippen molar-refractivity contribution in [1.82, 2.24) is 8.61 Å². The summed E-state index contributed by atoms with van der Waals surface area (Å²) in [6, 6.07) is 9.60. The van der Waals surface area contributed by atoms with Gasteiger partial charge in [-0.3, -0.25) is 4.18 Å². The molecule has 0 bridgehead atoms. The number of aliphatic hydroxyl groups excluding tert-OH is 1. The molecule has 25 heteroatoms. The number of aliphatic hydroxyl groups is 1. The van der Waals surface area contributed by atoms with Gasteiger partial charge in [0.25, 0.3) is 30.2 Å². The lowest BCUT2D eigenvalue weighted by Gasteiger charge is -2.31. The molecule has 0 saturated carbocycles. The van der Waals surface area contributed by atoms with Crippen LogP contribution in [0.5, 0.6) is 0 Å². The van der Waals surface area contributed by atoms with E-state index in [1.807, 2.05) is 20.8 Å². The van der Waals surface area contributed by atoms with Gasteiger partial charge in [0, 0.05) is 76.2 Å². The fourth-order valence-electron chi connectivity index (χ4n) is 5.36. The molecule has 0 aliphatic carbocycles. The molecule has 2 aromatic heterocycles. The first-order chi connectivity index (χ1) is 27.2. The van der Waals surface area contributed by atoms with Crippen molar-refractivity contribution >= 4 is 97.4 Å². The van der Waals surface area contributed by atoms with E-state index < -0.39 is 65.5 Å². The number of β-amino-alcohol motifs (C(OH)–C–C–N with tert-alkyl or cyclic N) is 1. The second-order valence-corrected chi connectivity index (χ2v) is 20.9. The van der Waals surface area contributed by atoms with E-state index in [4.69, 9.17) is 30.5 Å². The van der Waals surface area contributed by atoms with Crippen molar-refractivity contribution in [3.8, 4) is 0 Å². The number of methoxy groups -OCH3 is 2. The maximum absolute atomic E-state index is 13.2. The molecule has 2 atom stereocenters. The standard InChI is InChI=1S/C20H26N2O6S3.C13H20N2O4S2.2O2S/c1-14(2)21-19-12-17-18(28-31(25,26)16-8-6-15(3)7-9-16)13-22(10-5-11-27-4)30(23,24)20(17)29-19;1-9(2)14-12-7-10-11(16)8-15(5-4-6-19-3)21(17,18)13(10)20-12;2*1-3-2/h6-9,12,18H,5,10-11,13H2,1-4H3;7,11,16H,4-6,8H2,1-3H3;;. The summed E-state index contributed by atoms with van der Waals surface area (Å²) in [6.45, 7) is 10.6. The van der Waals surface area contributed by atoms with Crippen LogP contribution in [-0.2, 0) is 67.0 Å². The highest BCUT2D eigenvalue weighted by molar-refractivity contribution is 7.91. The van der Waals surface area contributed by atoms with Crippen LogP contribution in [0, 0.1) is 6.92 Å². The lowest BCUT2D eigenvalue weighted by molar-refractivity contribution is 0.131. The van der Waals surface area contributed by atoms with Gasteiger partial charge in [-0.05, 0) is 71.7 Å². The van der Waals surface area contributed by atoms with Crippen molar-refractivity contribution < 1.29 is 60.9 Å². The van der Waals surface area contributed by atoms with Crippen molar-refractivity contribution in [3.63, 3.8) is 0 Å². The van der Waals surface area contributed by atoms with Crippen molar-refractivity contribution in [2.75, 3.05) is 53.6 Å². The summed E-state index contributed by atoms with van der Waals surface area (Å²) < 4.78 is 129. The van der Waals surface area contributed by atoms with Crippen molar-refractivity contribution in [1.29, 1.82) is 0 Å². The van der Waals surface area contributed by atoms with E-state index in [2.05, 4.69) is 9.98 Å². The quantitative estimate of drug-likeness (QED) is 0.143. The zero-order chi connectivity index (χ0) is 43.8. The molecule has 0 fully saturated rings. The molecule has 4 heterocycles. The normalized spacial score (nSPS) is 17.9. The molecule has 2 unspecified atom stereocenters. The minimum atomic E-state index is -4.10. The molecule has 58 heavy (non-hydrogen) atoms. The Hall–Kier alpha value is -2.79. The van der Waals surface area contributed by atoms with Gasteiger partial charge in [-0.2, -0.15) is 33.9 Å². The third-order valence-electron chi connectivity index (χ3n) is 7.76. The number of rotatable bonds is 13. The first kappa shape index (κ1) is 51.4. The first-order valence-corrected chi connectivity index (χ1v) is 24.3. The number of aliphatic imine (C=N–C) groups is 2. The Bertz CT molecular complexity index is 2280. The van der Waals surface area contributed by atoms with Crippen LogP contribution < -0.4 is 0 Å². The Balaban J connectivity index is 0.000000372. The minimum Gasteiger partial charge on any atom is -0.387 e. The predicted molar refractivity (Wildman–Crippen MR) is 221 cm³/mol. The average molecular weight is 947 g/mol. The molecule has 1 aromatic carbocycles. The summed E-state index contributed by atoms with van der Waals surface area (Å²) in [6.07, 6.45) is -0.692. The smallest absolute Gasteiger partial charge is 0.335 e. The van der Waals surface area contributed by atoms with E-state index in [0.717, 1.165) is 39.7 Å². The fourth-order valence-corrected chi connectivity index (χ4v) is 13.1. The van der Waals surface area contributed by atoms with Gasteiger partial charge >= 0.3 is 23.1 Å². The monoisotopic (exact) mass is 946 g/mol. The van der Waals surface area contributed by atoms with Gasteiger partial charge in [-0.1, -0.05) is 17.7 Å². The van der Waals surface area contributed by atoms with Crippen LogP contribution in [0.4, 0.5) is 10.0 Å². The van der Waals surface area contributed by atoms with E-state index in [1.54, 1.807) is 52.3 Å². The highest BCUT2D eigenvalue weighted by Crippen LogP contribution is 2.45. The van der Waals surface area contributed by atoms with E-state index in [1.165, 1.54) is 20.7 Å². The molecule has 324 valence electrons. The second kappa shape index (κ2) is 23.9. The van der Waals surface area contributed by atoms with E-state index in [-0.39, 0.29) is 32.9 Å². The van der Waals surface area contributed by atoms with Crippen molar-refractivity contribution in [3.05, 3.63) is 53.1 Å². The predicted octanol–water partition coefficient (Wildman–Crippen LogP) is 4.25. The van der Waals surface area contributed by atoms with Gasteiger partial charge < -0.3 is 14.6 Å². The van der Waals surface area contributed by atoms with Gasteiger partial charge in [0.1, 0.15) is 24.5 Å². The number of benzene rings is 1. The number of nitrogens with zero attached hydrogens (tertiary/aromatic N) is 4. The molecule has 1 N–H and O–H groups in total. The minimum absolute atomic E-state index is 0.0249. The van der Waals surface area contributed by atoms with E-state index in [0.29, 0.717) is 53.7 Å². The molecule has 0 saturated heterocycles. The maximum Gasteiger partial charge on any atom is 0.335 e. The molecule has 2 aliphatic rings. The molecule has 0 amide bonds. The summed E-state index contributed by atoms with van der Waals surface area (Å²) in [5.41, 5.74) is 3.31. The fraction of sp³-hybridized carbons (Fsp3) is 0.515. The zero-order valence-corrected chi connectivity index (χ0v) is 38.4. The molecule has 5 rings (SSSR count). The Morgan fingerprint density at radius 2 is 1.19 bits per heavy atom. The number of thiophene rings is 2. The topological polar surface area (TPSA) is 250 Å². The highest BCUT2D eigenvalue weighted by atomic mass is 32.3. The second-order valence-electron chi connectivity index (χ2n) is 12.7. The largest absolute Gasteiger partial charge is 0.387 e. The molecule has 18 nitrogen and oxygen atoms in total. The first-order valence-electron chi connectivity index (χ1n) is 17.0. The maximum atomic E-state index is 13.2. The number of hydrogen-bond donors (Lipinski definition) is 1. The Labute approximate surface area is 354 Å². The molecule has 2 aliphatic heterocycles. The van der Waals surface area contributed by atoms with Crippen molar-refractivity contribution in [2.45, 2.75) is 73.0 Å². The van der Waals surface area contributed by atoms with E-state index >= 15 is 0 Å². The van der Waals surface area contributed by atoms with Gasteiger partial charge in [0.15, 0.2) is 0 Å². The van der Waals surface area contributed by atoms with Crippen LogP contribution in [-0.4, -0.2) is 121 Å². The SMILES string of the molecule is COCCCN1CC(O)c2cc(N=C(C)C)sc2S1(=O)=O.COCCCN1CC(OS(=O)(=O)c2ccc(C)cc2)c2cc(N=C(C)C)sc2S1(=O)=O.O=S=O.O=S=O. The van der Waals surface area contributed by atoms with E-state index in [9.17, 15) is 30.4 Å². The molecular formula is C33H46N4O14S7. The molecule has 0 spiro atoms. The lowest BCUT2D eigenvalue weighted by Crippen LogP contribution is -2.41. The number of sulfonamides is 2. The van der Waals surface area contributed by atoms with Crippen LogP contribution in [0.3, 0.4) is 0 Å². The van der Waals surface area contributed by atoms with Gasteiger partial charge in [-0.25, -0.2) is 26.8 Å².